The van der Waals surface area contributed by atoms with Gasteiger partial charge in [0.25, 0.3) is 5.91 Å². The topological polar surface area (TPSA) is 107 Å². The minimum absolute atomic E-state index is 0.0228. The third kappa shape index (κ3) is 3.52. The zero-order chi connectivity index (χ0) is 22.6. The Morgan fingerprint density at radius 2 is 1.76 bits per heavy atom. The van der Waals surface area contributed by atoms with E-state index in [4.69, 9.17) is 18.9 Å². The summed E-state index contributed by atoms with van der Waals surface area (Å²) in [5.41, 5.74) is 0.0709. The van der Waals surface area contributed by atoms with Crippen molar-refractivity contribution in [1.29, 1.82) is 0 Å². The Hall–Kier alpha value is -2.85. The average molecular weight is 457 g/mol. The highest BCUT2D eigenvalue weighted by Crippen LogP contribution is 2.43. The fourth-order valence-electron chi connectivity index (χ4n) is 5.67. The van der Waals surface area contributed by atoms with E-state index in [1.807, 2.05) is 18.2 Å². The molecule has 1 aromatic carbocycles. The summed E-state index contributed by atoms with van der Waals surface area (Å²) in [4.78, 5) is 41.7. The molecule has 4 amide bonds. The summed E-state index contributed by atoms with van der Waals surface area (Å²) < 4.78 is 22.3. The van der Waals surface area contributed by atoms with Crippen molar-refractivity contribution < 1.29 is 33.3 Å². The van der Waals surface area contributed by atoms with E-state index in [0.717, 1.165) is 5.56 Å². The number of urea groups is 1. The van der Waals surface area contributed by atoms with Crippen LogP contribution >= 0.6 is 0 Å². The highest BCUT2D eigenvalue weighted by molar-refractivity contribution is 6.07. The third-order valence-electron chi connectivity index (χ3n) is 7.47. The number of nitrogens with one attached hydrogen (secondary N) is 1. The monoisotopic (exact) mass is 457 g/mol. The molecule has 5 aliphatic rings. The molecule has 0 bridgehead atoms. The van der Waals surface area contributed by atoms with E-state index >= 15 is 0 Å². The van der Waals surface area contributed by atoms with Crippen LogP contribution in [0, 0.1) is 5.92 Å². The van der Waals surface area contributed by atoms with Gasteiger partial charge in [-0.3, -0.25) is 14.5 Å². The van der Waals surface area contributed by atoms with Crippen molar-refractivity contribution in [3.8, 4) is 11.5 Å². The summed E-state index contributed by atoms with van der Waals surface area (Å²) in [6.07, 6.45) is 2.47. The maximum atomic E-state index is 13.3. The van der Waals surface area contributed by atoms with Crippen LogP contribution in [0.1, 0.15) is 37.7 Å². The molecule has 1 unspecified atom stereocenters. The van der Waals surface area contributed by atoms with Crippen molar-refractivity contribution in [3.63, 3.8) is 0 Å². The first-order valence-corrected chi connectivity index (χ1v) is 11.5. The van der Waals surface area contributed by atoms with Gasteiger partial charge in [-0.25, -0.2) is 4.79 Å². The lowest BCUT2D eigenvalue weighted by Gasteiger charge is -2.39. The molecule has 4 aliphatic heterocycles. The van der Waals surface area contributed by atoms with Gasteiger partial charge in [0.05, 0.1) is 13.2 Å². The van der Waals surface area contributed by atoms with E-state index in [-0.39, 0.29) is 37.1 Å². The van der Waals surface area contributed by atoms with Crippen LogP contribution in [0.25, 0.3) is 0 Å². The average Bonchev–Trinajstić information content (AvgIpc) is 3.57. The quantitative estimate of drug-likeness (QED) is 0.681. The third-order valence-corrected chi connectivity index (χ3v) is 7.47. The van der Waals surface area contributed by atoms with E-state index in [1.54, 1.807) is 4.90 Å². The van der Waals surface area contributed by atoms with Crippen LogP contribution in [0.15, 0.2) is 18.2 Å². The molecule has 4 heterocycles. The molecule has 0 aromatic heterocycles. The van der Waals surface area contributed by atoms with Crippen LogP contribution in [0.3, 0.4) is 0 Å². The summed E-state index contributed by atoms with van der Waals surface area (Å²) in [5, 5.41) is 2.94. The summed E-state index contributed by atoms with van der Waals surface area (Å²) in [5.74, 6) is 0.528. The SMILES string of the molecule is O=C1CC(CN2C(=O)NC3(CCC4(CC3)OCCO4)C2=O)CN1Cc1ccc2c(c1)OCO2. The van der Waals surface area contributed by atoms with Gasteiger partial charge in [0.1, 0.15) is 5.54 Å². The molecule has 2 spiro atoms. The predicted octanol–water partition coefficient (Wildman–Crippen LogP) is 1.37. The van der Waals surface area contributed by atoms with Crippen molar-refractivity contribution >= 4 is 17.8 Å². The molecule has 3 saturated heterocycles. The molecule has 10 heteroatoms. The molecular weight excluding hydrogens is 430 g/mol. The van der Waals surface area contributed by atoms with E-state index < -0.39 is 11.3 Å². The molecule has 0 radical (unpaired) electrons. The van der Waals surface area contributed by atoms with Crippen LogP contribution in [0.5, 0.6) is 11.5 Å². The van der Waals surface area contributed by atoms with Gasteiger partial charge in [-0.1, -0.05) is 6.07 Å². The van der Waals surface area contributed by atoms with Gasteiger partial charge in [-0.15, -0.1) is 0 Å². The number of hydrogen-bond donors (Lipinski definition) is 1. The van der Waals surface area contributed by atoms with Crippen LogP contribution in [0.4, 0.5) is 4.79 Å². The molecule has 33 heavy (non-hydrogen) atoms. The molecule has 4 fully saturated rings. The first kappa shape index (κ1) is 20.7. The highest BCUT2D eigenvalue weighted by atomic mass is 16.7. The van der Waals surface area contributed by atoms with Crippen LogP contribution in [0.2, 0.25) is 0 Å². The van der Waals surface area contributed by atoms with E-state index in [9.17, 15) is 14.4 Å². The number of hydrogen-bond acceptors (Lipinski definition) is 7. The number of ether oxygens (including phenoxy) is 4. The number of amides is 4. The first-order chi connectivity index (χ1) is 16.0. The maximum Gasteiger partial charge on any atom is 0.325 e. The molecule has 1 aromatic rings. The fraction of sp³-hybridized carbons (Fsp3) is 0.609. The van der Waals surface area contributed by atoms with Crippen LogP contribution < -0.4 is 14.8 Å². The summed E-state index contributed by atoms with van der Waals surface area (Å²) in [6, 6.07) is 5.28. The van der Waals surface area contributed by atoms with Gasteiger partial charge in [0.2, 0.25) is 12.7 Å². The Kier molecular flexibility index (Phi) is 4.77. The largest absolute Gasteiger partial charge is 0.454 e. The highest BCUT2D eigenvalue weighted by Gasteiger charge is 2.56. The number of nitrogens with zero attached hydrogens (tertiary/aromatic N) is 2. The summed E-state index contributed by atoms with van der Waals surface area (Å²) >= 11 is 0. The number of likely N-dealkylation sites (tertiary alicyclic amines) is 1. The van der Waals surface area contributed by atoms with Gasteiger partial charge in [-0.05, 0) is 30.5 Å². The lowest BCUT2D eigenvalue weighted by molar-refractivity contribution is -0.186. The minimum Gasteiger partial charge on any atom is -0.454 e. The normalized spacial score (nSPS) is 27.3. The van der Waals surface area contributed by atoms with E-state index in [0.29, 0.717) is 69.9 Å². The van der Waals surface area contributed by atoms with Crippen molar-refractivity contribution in [2.24, 2.45) is 5.92 Å². The van der Waals surface area contributed by atoms with Gasteiger partial charge >= 0.3 is 6.03 Å². The molecular formula is C23H27N3O7. The Morgan fingerprint density at radius 1 is 1.00 bits per heavy atom. The summed E-state index contributed by atoms with van der Waals surface area (Å²) in [6.45, 7) is 2.54. The van der Waals surface area contributed by atoms with E-state index in [1.165, 1.54) is 4.90 Å². The fourth-order valence-corrected chi connectivity index (χ4v) is 5.67. The van der Waals surface area contributed by atoms with Crippen molar-refractivity contribution in [2.45, 2.75) is 50.0 Å². The van der Waals surface area contributed by atoms with E-state index in [2.05, 4.69) is 5.32 Å². The molecule has 1 N–H and O–H groups in total. The molecule has 1 saturated carbocycles. The standard InChI is InChI=1S/C23H27N3O7/c27-19-10-16(12-25(19)11-15-1-2-17-18(9-15)31-14-30-17)13-26-20(28)22(24-21(26)29)3-5-23(6-4-22)32-7-8-33-23/h1-2,9,16H,3-8,10-14H2,(H,24,29). The zero-order valence-electron chi connectivity index (χ0n) is 18.3. The number of imide groups is 1. The molecule has 176 valence electrons. The lowest BCUT2D eigenvalue weighted by Crippen LogP contribution is -2.53. The Bertz CT molecular complexity index is 996. The number of fused-ring (bicyclic) bond motifs is 1. The molecule has 10 nitrogen and oxygen atoms in total. The lowest BCUT2D eigenvalue weighted by atomic mass is 9.78. The van der Waals surface area contributed by atoms with Gasteiger partial charge in [0, 0.05) is 44.8 Å². The Balaban J connectivity index is 1.08. The van der Waals surface area contributed by atoms with Crippen molar-refractivity contribution in [2.75, 3.05) is 33.1 Å². The Morgan fingerprint density at radius 3 is 2.55 bits per heavy atom. The van der Waals surface area contributed by atoms with Gasteiger partial charge < -0.3 is 29.2 Å². The zero-order valence-corrected chi connectivity index (χ0v) is 18.3. The van der Waals surface area contributed by atoms with Crippen molar-refractivity contribution in [3.05, 3.63) is 23.8 Å². The van der Waals surface area contributed by atoms with Crippen LogP contribution in [-0.2, 0) is 25.6 Å². The predicted molar refractivity (Wildman–Crippen MR) is 112 cm³/mol. The number of carbonyl (C=O) groups is 3. The molecule has 1 atom stereocenters. The van der Waals surface area contributed by atoms with Gasteiger partial charge in [-0.2, -0.15) is 0 Å². The smallest absolute Gasteiger partial charge is 0.325 e. The first-order valence-electron chi connectivity index (χ1n) is 11.5. The second kappa shape index (κ2) is 7.59. The maximum absolute atomic E-state index is 13.3. The summed E-state index contributed by atoms with van der Waals surface area (Å²) in [7, 11) is 0. The second-order valence-electron chi connectivity index (χ2n) is 9.57. The molecule has 1 aliphatic carbocycles. The van der Waals surface area contributed by atoms with Crippen LogP contribution in [-0.4, -0.2) is 72.1 Å². The number of carbonyl (C=O) groups excluding carboxylic acids is 3. The molecule has 6 rings (SSSR count). The second-order valence-corrected chi connectivity index (χ2v) is 9.57. The number of benzene rings is 1. The Labute approximate surface area is 191 Å². The minimum atomic E-state index is -0.883. The van der Waals surface area contributed by atoms with Crippen molar-refractivity contribution in [1.82, 2.24) is 15.1 Å². The number of rotatable bonds is 4. The van der Waals surface area contributed by atoms with Gasteiger partial charge in [0.15, 0.2) is 17.3 Å².